The van der Waals surface area contributed by atoms with Gasteiger partial charge in [-0.1, -0.05) is 57.8 Å². The van der Waals surface area contributed by atoms with Crippen LogP contribution < -0.4 is 0 Å². The van der Waals surface area contributed by atoms with E-state index in [1.807, 2.05) is 0 Å². The van der Waals surface area contributed by atoms with Crippen LogP contribution in [0.15, 0.2) is 0 Å². The van der Waals surface area contributed by atoms with Crippen LogP contribution in [0.1, 0.15) is 59.3 Å². The fourth-order valence-electron chi connectivity index (χ4n) is 2.73. The van der Waals surface area contributed by atoms with Gasteiger partial charge in [0.25, 0.3) is 0 Å². The number of hydrogen-bond donors (Lipinski definition) is 0. The Kier molecular flexibility index (Phi) is 7.22. The van der Waals surface area contributed by atoms with Crippen molar-refractivity contribution in [2.24, 2.45) is 5.92 Å². The highest BCUT2D eigenvalue weighted by atomic mass is 28.3. The minimum atomic E-state index is -1.24. The van der Waals surface area contributed by atoms with Crippen molar-refractivity contribution in [3.05, 3.63) is 0 Å². The zero-order valence-electron chi connectivity index (χ0n) is 12.4. The van der Waals surface area contributed by atoms with E-state index < -0.39 is 8.07 Å². The van der Waals surface area contributed by atoms with Gasteiger partial charge in [-0.25, -0.2) is 0 Å². The number of hydrogen-bond acceptors (Lipinski definition) is 0. The molecular formula is C17H28Si. The van der Waals surface area contributed by atoms with Crippen LogP contribution >= 0.6 is 0 Å². The Morgan fingerprint density at radius 2 is 1.50 bits per heavy atom. The maximum Gasteiger partial charge on any atom is 0.137 e. The van der Waals surface area contributed by atoms with Crippen LogP contribution in [0.5, 0.6) is 0 Å². The molecule has 0 N–H and O–H groups in total. The third-order valence-corrected chi connectivity index (χ3v) is 9.24. The summed E-state index contributed by atoms with van der Waals surface area (Å²) in [5.41, 5.74) is 3.61. The lowest BCUT2D eigenvalue weighted by molar-refractivity contribution is 0.430. The zero-order chi connectivity index (χ0) is 13.3. The van der Waals surface area contributed by atoms with Gasteiger partial charge in [0.05, 0.1) is 6.42 Å². The van der Waals surface area contributed by atoms with Gasteiger partial charge in [-0.15, -0.1) is 5.54 Å². The molecule has 1 heteroatoms. The summed E-state index contributed by atoms with van der Waals surface area (Å²) in [6.07, 6.45) is 7.60. The molecule has 0 aromatic heterocycles. The van der Waals surface area contributed by atoms with Gasteiger partial charge in [0.15, 0.2) is 0 Å². The quantitative estimate of drug-likeness (QED) is 0.494. The van der Waals surface area contributed by atoms with Crippen molar-refractivity contribution in [1.82, 2.24) is 0 Å². The van der Waals surface area contributed by atoms with Crippen molar-refractivity contribution >= 4 is 8.07 Å². The second-order valence-corrected chi connectivity index (χ2v) is 10.4. The molecule has 0 unspecified atom stereocenters. The molecule has 0 heterocycles. The van der Waals surface area contributed by atoms with E-state index in [0.717, 1.165) is 6.42 Å². The zero-order valence-corrected chi connectivity index (χ0v) is 13.4. The predicted octanol–water partition coefficient (Wildman–Crippen LogP) is 5.01. The normalized spacial score (nSPS) is 16.4. The van der Waals surface area contributed by atoms with Gasteiger partial charge in [-0.2, -0.15) is 0 Å². The van der Waals surface area contributed by atoms with Gasteiger partial charge in [-0.05, 0) is 31.0 Å². The van der Waals surface area contributed by atoms with Crippen LogP contribution in [0.3, 0.4) is 0 Å². The van der Waals surface area contributed by atoms with Crippen LogP contribution in [0.25, 0.3) is 0 Å². The summed E-state index contributed by atoms with van der Waals surface area (Å²) in [6, 6.07) is 3.88. The third-order valence-electron chi connectivity index (χ3n) is 4.47. The molecule has 0 bridgehead atoms. The molecule has 0 radical (unpaired) electrons. The maximum atomic E-state index is 3.61. The smallest absolute Gasteiger partial charge is 0.130 e. The lowest BCUT2D eigenvalue weighted by atomic mass is 9.90. The first kappa shape index (κ1) is 15.4. The average molecular weight is 260 g/mol. The van der Waals surface area contributed by atoms with E-state index in [0.29, 0.717) is 5.92 Å². The second-order valence-electron chi connectivity index (χ2n) is 5.48. The fraction of sp³-hybridized carbons (Fsp3) is 0.765. The van der Waals surface area contributed by atoms with Crippen molar-refractivity contribution in [1.29, 1.82) is 0 Å². The minimum Gasteiger partial charge on any atom is -0.130 e. The Labute approximate surface area is 115 Å². The highest BCUT2D eigenvalue weighted by Gasteiger charge is 2.23. The van der Waals surface area contributed by atoms with Gasteiger partial charge in [-0.3, -0.25) is 0 Å². The SMILES string of the molecule is CC[Si](C#CCC#CC1CCCCC1)(CC)CC. The molecule has 0 aromatic carbocycles. The van der Waals surface area contributed by atoms with E-state index in [1.54, 1.807) is 0 Å². The van der Waals surface area contributed by atoms with E-state index in [1.165, 1.54) is 50.2 Å². The first-order chi connectivity index (χ1) is 8.76. The summed E-state index contributed by atoms with van der Waals surface area (Å²) in [7, 11) is -1.24. The van der Waals surface area contributed by atoms with Gasteiger partial charge in [0.2, 0.25) is 0 Å². The van der Waals surface area contributed by atoms with Crippen molar-refractivity contribution in [3.8, 4) is 23.3 Å². The fourth-order valence-corrected chi connectivity index (χ4v) is 5.23. The molecule has 1 aliphatic carbocycles. The first-order valence-electron chi connectivity index (χ1n) is 7.74. The summed E-state index contributed by atoms with van der Waals surface area (Å²) in [5.74, 6) is 10.8. The molecule has 1 aliphatic rings. The Morgan fingerprint density at radius 3 is 2.06 bits per heavy atom. The van der Waals surface area contributed by atoms with Gasteiger partial charge < -0.3 is 0 Å². The monoisotopic (exact) mass is 260 g/mol. The standard InChI is InChI=1S/C17H28Si/c1-4-18(5-2,6-3)16-12-8-11-15-17-13-9-7-10-14-17/h17H,4-10,13-14H2,1-3H3. The number of rotatable bonds is 3. The lowest BCUT2D eigenvalue weighted by Gasteiger charge is -2.19. The third kappa shape index (κ3) is 4.91. The molecule has 0 saturated heterocycles. The van der Waals surface area contributed by atoms with Crippen molar-refractivity contribution in [2.45, 2.75) is 77.4 Å². The summed E-state index contributed by atoms with van der Waals surface area (Å²) in [6.45, 7) is 6.92. The van der Waals surface area contributed by atoms with E-state index >= 15 is 0 Å². The molecule has 0 atom stereocenters. The molecule has 1 saturated carbocycles. The second kappa shape index (κ2) is 8.44. The highest BCUT2D eigenvalue weighted by molar-refractivity contribution is 6.87. The average Bonchev–Trinajstić information content (AvgIpc) is 2.45. The molecule has 0 spiro atoms. The van der Waals surface area contributed by atoms with Crippen LogP contribution in [0.4, 0.5) is 0 Å². The first-order valence-corrected chi connectivity index (χ1v) is 10.4. The lowest BCUT2D eigenvalue weighted by Crippen LogP contribution is -2.29. The predicted molar refractivity (Wildman–Crippen MR) is 83.9 cm³/mol. The molecule has 0 nitrogen and oxygen atoms in total. The van der Waals surface area contributed by atoms with E-state index in [2.05, 4.69) is 44.1 Å². The molecule has 0 amide bonds. The summed E-state index contributed by atoms with van der Waals surface area (Å²) < 4.78 is 0. The van der Waals surface area contributed by atoms with Crippen LogP contribution in [0, 0.1) is 29.2 Å². The summed E-state index contributed by atoms with van der Waals surface area (Å²) >= 11 is 0. The van der Waals surface area contributed by atoms with Crippen LogP contribution in [0.2, 0.25) is 18.1 Å². The molecule has 0 aromatic rings. The van der Waals surface area contributed by atoms with Gasteiger partial charge in [0.1, 0.15) is 8.07 Å². The molecule has 1 rings (SSSR count). The van der Waals surface area contributed by atoms with Crippen molar-refractivity contribution < 1.29 is 0 Å². The highest BCUT2D eigenvalue weighted by Crippen LogP contribution is 2.22. The van der Waals surface area contributed by atoms with Crippen molar-refractivity contribution in [3.63, 3.8) is 0 Å². The molecular weight excluding hydrogens is 232 g/mol. The summed E-state index contributed by atoms with van der Waals surface area (Å²) in [5, 5.41) is 0. The Hall–Kier alpha value is -0.663. The van der Waals surface area contributed by atoms with Gasteiger partial charge >= 0.3 is 0 Å². The Morgan fingerprint density at radius 1 is 0.889 bits per heavy atom. The Bertz CT molecular complexity index is 329. The van der Waals surface area contributed by atoms with E-state index in [9.17, 15) is 0 Å². The molecule has 1 fully saturated rings. The van der Waals surface area contributed by atoms with E-state index in [-0.39, 0.29) is 0 Å². The Balaban J connectivity index is 2.43. The van der Waals surface area contributed by atoms with Crippen LogP contribution in [-0.2, 0) is 0 Å². The van der Waals surface area contributed by atoms with Gasteiger partial charge in [0, 0.05) is 5.92 Å². The summed E-state index contributed by atoms with van der Waals surface area (Å²) in [4.78, 5) is 0. The maximum absolute atomic E-state index is 3.61. The molecule has 0 aliphatic heterocycles. The molecule has 100 valence electrons. The minimum absolute atomic E-state index is 0.672. The van der Waals surface area contributed by atoms with Crippen molar-refractivity contribution in [2.75, 3.05) is 0 Å². The molecule has 18 heavy (non-hydrogen) atoms. The largest absolute Gasteiger partial charge is 0.137 e. The van der Waals surface area contributed by atoms with E-state index in [4.69, 9.17) is 0 Å². The van der Waals surface area contributed by atoms with Crippen LogP contribution in [-0.4, -0.2) is 8.07 Å². The topological polar surface area (TPSA) is 0 Å².